The number of benzene rings is 1. The molecule has 0 bridgehead atoms. The van der Waals surface area contributed by atoms with E-state index in [0.717, 1.165) is 17.7 Å². The molecule has 0 aliphatic heterocycles. The summed E-state index contributed by atoms with van der Waals surface area (Å²) in [6, 6.07) is 9.50. The highest BCUT2D eigenvalue weighted by Gasteiger charge is 2.19. The van der Waals surface area contributed by atoms with Crippen molar-refractivity contribution in [3.63, 3.8) is 0 Å². The van der Waals surface area contributed by atoms with Crippen molar-refractivity contribution in [3.05, 3.63) is 29.8 Å². The summed E-state index contributed by atoms with van der Waals surface area (Å²) in [6.07, 6.45) is 0.746. The third-order valence-electron chi connectivity index (χ3n) is 2.54. The summed E-state index contributed by atoms with van der Waals surface area (Å²) >= 11 is 0. The van der Waals surface area contributed by atoms with Gasteiger partial charge in [0.05, 0.1) is 19.1 Å². The minimum absolute atomic E-state index is 0.165. The van der Waals surface area contributed by atoms with Gasteiger partial charge in [0, 0.05) is 11.6 Å². The maximum Gasteiger partial charge on any atom is 0.123 e. The average molecular weight is 204 g/mol. The molecule has 0 aromatic heterocycles. The number of hydrogen-bond donors (Lipinski definition) is 1. The number of nitriles is 1. The molecule has 3 nitrogen and oxygen atoms in total. The SMILES string of the molecule is CCC(C#N)C(N)c1ccccc1OC. The Kier molecular flexibility index (Phi) is 4.14. The smallest absolute Gasteiger partial charge is 0.123 e. The van der Waals surface area contributed by atoms with Gasteiger partial charge < -0.3 is 10.5 Å². The largest absolute Gasteiger partial charge is 0.496 e. The van der Waals surface area contributed by atoms with E-state index in [1.807, 2.05) is 31.2 Å². The van der Waals surface area contributed by atoms with Gasteiger partial charge in [-0.15, -0.1) is 0 Å². The summed E-state index contributed by atoms with van der Waals surface area (Å²) in [6.45, 7) is 1.96. The van der Waals surface area contributed by atoms with Crippen molar-refractivity contribution in [3.8, 4) is 11.8 Å². The normalized spacial score (nSPS) is 14.0. The Hall–Kier alpha value is -1.53. The van der Waals surface area contributed by atoms with Gasteiger partial charge in [-0.1, -0.05) is 25.1 Å². The molecule has 0 aliphatic carbocycles. The van der Waals surface area contributed by atoms with E-state index in [0.29, 0.717) is 0 Å². The van der Waals surface area contributed by atoms with E-state index in [1.165, 1.54) is 0 Å². The van der Waals surface area contributed by atoms with Crippen LogP contribution in [0.3, 0.4) is 0 Å². The van der Waals surface area contributed by atoms with Crippen molar-refractivity contribution >= 4 is 0 Å². The molecule has 0 saturated carbocycles. The molecule has 15 heavy (non-hydrogen) atoms. The summed E-state index contributed by atoms with van der Waals surface area (Å²) in [5, 5.41) is 8.95. The molecule has 1 aromatic rings. The third-order valence-corrected chi connectivity index (χ3v) is 2.54. The van der Waals surface area contributed by atoms with Gasteiger partial charge in [0.15, 0.2) is 0 Å². The Morgan fingerprint density at radius 3 is 2.67 bits per heavy atom. The minimum Gasteiger partial charge on any atom is -0.496 e. The maximum absolute atomic E-state index is 8.95. The molecule has 2 atom stereocenters. The molecule has 0 amide bonds. The lowest BCUT2D eigenvalue weighted by Gasteiger charge is -2.18. The van der Waals surface area contributed by atoms with Crippen molar-refractivity contribution < 1.29 is 4.74 Å². The highest BCUT2D eigenvalue weighted by atomic mass is 16.5. The van der Waals surface area contributed by atoms with Crippen LogP contribution in [0.15, 0.2) is 24.3 Å². The molecular formula is C12H16N2O. The van der Waals surface area contributed by atoms with Gasteiger partial charge in [-0.05, 0) is 12.5 Å². The molecule has 0 radical (unpaired) electrons. The number of para-hydroxylation sites is 1. The van der Waals surface area contributed by atoms with Crippen LogP contribution in [0.5, 0.6) is 5.75 Å². The second-order valence-electron chi connectivity index (χ2n) is 3.41. The Morgan fingerprint density at radius 2 is 2.13 bits per heavy atom. The van der Waals surface area contributed by atoms with Crippen LogP contribution in [0.4, 0.5) is 0 Å². The molecule has 0 fully saturated rings. The molecule has 3 heteroatoms. The first-order valence-electron chi connectivity index (χ1n) is 5.02. The second kappa shape index (κ2) is 5.38. The summed E-state index contributed by atoms with van der Waals surface area (Å²) in [5.41, 5.74) is 6.93. The summed E-state index contributed by atoms with van der Waals surface area (Å²) in [5.74, 6) is 0.583. The molecule has 0 saturated heterocycles. The van der Waals surface area contributed by atoms with Crippen molar-refractivity contribution in [1.29, 1.82) is 5.26 Å². The molecule has 0 heterocycles. The first kappa shape index (κ1) is 11.5. The molecule has 1 aromatic carbocycles. The Bertz CT molecular complexity index is 357. The fraction of sp³-hybridized carbons (Fsp3) is 0.417. The lowest BCUT2D eigenvalue weighted by molar-refractivity contribution is 0.397. The number of nitrogens with two attached hydrogens (primary N) is 1. The number of ether oxygens (including phenoxy) is 1. The van der Waals surface area contributed by atoms with Crippen LogP contribution in [-0.2, 0) is 0 Å². The average Bonchev–Trinajstić information content (AvgIpc) is 2.30. The van der Waals surface area contributed by atoms with Crippen molar-refractivity contribution in [2.45, 2.75) is 19.4 Å². The maximum atomic E-state index is 8.95. The molecule has 0 spiro atoms. The lowest BCUT2D eigenvalue weighted by atomic mass is 9.92. The number of nitrogens with zero attached hydrogens (tertiary/aromatic N) is 1. The Morgan fingerprint density at radius 1 is 1.47 bits per heavy atom. The van der Waals surface area contributed by atoms with Crippen LogP contribution in [0.1, 0.15) is 24.9 Å². The van der Waals surface area contributed by atoms with Crippen molar-refractivity contribution in [1.82, 2.24) is 0 Å². The molecule has 1 rings (SSSR count). The van der Waals surface area contributed by atoms with E-state index in [4.69, 9.17) is 15.7 Å². The van der Waals surface area contributed by atoms with Gasteiger partial charge >= 0.3 is 0 Å². The van der Waals surface area contributed by atoms with E-state index in [1.54, 1.807) is 7.11 Å². The van der Waals surface area contributed by atoms with Gasteiger partial charge in [0.25, 0.3) is 0 Å². The van der Waals surface area contributed by atoms with Gasteiger partial charge in [-0.3, -0.25) is 0 Å². The fourth-order valence-electron chi connectivity index (χ4n) is 1.58. The molecule has 2 unspecified atom stereocenters. The lowest BCUT2D eigenvalue weighted by Crippen LogP contribution is -2.20. The van der Waals surface area contributed by atoms with E-state index < -0.39 is 0 Å². The Labute approximate surface area is 90.5 Å². The van der Waals surface area contributed by atoms with Crippen LogP contribution in [0.25, 0.3) is 0 Å². The molecule has 0 aliphatic rings. The summed E-state index contributed by atoms with van der Waals surface area (Å²) in [7, 11) is 1.61. The van der Waals surface area contributed by atoms with Crippen molar-refractivity contribution in [2.24, 2.45) is 11.7 Å². The molecule has 80 valence electrons. The van der Waals surface area contributed by atoms with Gasteiger partial charge in [0.2, 0.25) is 0 Å². The quantitative estimate of drug-likeness (QED) is 0.818. The van der Waals surface area contributed by atoms with Crippen LogP contribution in [0.2, 0.25) is 0 Å². The molecule has 2 N–H and O–H groups in total. The van der Waals surface area contributed by atoms with E-state index >= 15 is 0 Å². The molecular weight excluding hydrogens is 188 g/mol. The Balaban J connectivity index is 3.00. The van der Waals surface area contributed by atoms with E-state index in [-0.39, 0.29) is 12.0 Å². The van der Waals surface area contributed by atoms with Crippen LogP contribution < -0.4 is 10.5 Å². The monoisotopic (exact) mass is 204 g/mol. The van der Waals surface area contributed by atoms with Crippen molar-refractivity contribution in [2.75, 3.05) is 7.11 Å². The van der Waals surface area contributed by atoms with Gasteiger partial charge in [-0.25, -0.2) is 0 Å². The number of hydrogen-bond acceptors (Lipinski definition) is 3. The highest BCUT2D eigenvalue weighted by Crippen LogP contribution is 2.29. The van der Waals surface area contributed by atoms with Crippen LogP contribution >= 0.6 is 0 Å². The fourth-order valence-corrected chi connectivity index (χ4v) is 1.58. The van der Waals surface area contributed by atoms with Crippen LogP contribution in [-0.4, -0.2) is 7.11 Å². The predicted octanol–water partition coefficient (Wildman–Crippen LogP) is 2.24. The zero-order chi connectivity index (χ0) is 11.3. The van der Waals surface area contributed by atoms with E-state index in [2.05, 4.69) is 6.07 Å². The second-order valence-corrected chi connectivity index (χ2v) is 3.41. The summed E-state index contributed by atoms with van der Waals surface area (Å²) < 4.78 is 5.22. The van der Waals surface area contributed by atoms with Crippen LogP contribution in [0, 0.1) is 17.2 Å². The zero-order valence-electron chi connectivity index (χ0n) is 9.10. The van der Waals surface area contributed by atoms with Gasteiger partial charge in [-0.2, -0.15) is 5.26 Å². The number of methoxy groups -OCH3 is 1. The topological polar surface area (TPSA) is 59.0 Å². The summed E-state index contributed by atoms with van der Waals surface area (Å²) in [4.78, 5) is 0. The first-order valence-corrected chi connectivity index (χ1v) is 5.02. The first-order chi connectivity index (χ1) is 7.24. The zero-order valence-corrected chi connectivity index (χ0v) is 9.10. The van der Waals surface area contributed by atoms with Gasteiger partial charge in [0.1, 0.15) is 5.75 Å². The standard InChI is InChI=1S/C12H16N2O/c1-3-9(8-13)12(14)10-6-4-5-7-11(10)15-2/h4-7,9,12H,3,14H2,1-2H3. The van der Waals surface area contributed by atoms with E-state index in [9.17, 15) is 0 Å². The third kappa shape index (κ3) is 2.48. The number of rotatable bonds is 4. The minimum atomic E-state index is -0.281. The highest BCUT2D eigenvalue weighted by molar-refractivity contribution is 5.36. The predicted molar refractivity (Wildman–Crippen MR) is 59.3 cm³/mol.